The van der Waals surface area contributed by atoms with E-state index in [1.54, 1.807) is 24.5 Å². The number of nitrogens with one attached hydrogen (secondary N) is 2. The highest BCUT2D eigenvalue weighted by atomic mass is 16.5. The van der Waals surface area contributed by atoms with Gasteiger partial charge < -0.3 is 20.5 Å². The van der Waals surface area contributed by atoms with Crippen LogP contribution < -0.4 is 15.4 Å². The number of carbonyl (C=O) groups is 3. The minimum atomic E-state index is -1.02. The van der Waals surface area contributed by atoms with Crippen molar-refractivity contribution in [2.75, 3.05) is 13.2 Å². The predicted molar refractivity (Wildman–Crippen MR) is 193 cm³/mol. The lowest BCUT2D eigenvalue weighted by Crippen LogP contribution is -2.48. The molecule has 4 aromatic rings. The number of aliphatic carboxylic acids is 1. The van der Waals surface area contributed by atoms with Crippen LogP contribution in [0.5, 0.6) is 5.75 Å². The van der Waals surface area contributed by atoms with Crippen molar-refractivity contribution in [2.45, 2.75) is 84.1 Å². The van der Waals surface area contributed by atoms with Crippen molar-refractivity contribution in [1.29, 1.82) is 0 Å². The van der Waals surface area contributed by atoms with E-state index >= 15 is 0 Å². The maximum atomic E-state index is 13.2. The highest BCUT2D eigenvalue weighted by molar-refractivity contribution is 5.97. The smallest absolute Gasteiger partial charge is 0.305 e. The minimum absolute atomic E-state index is 0.0375. The fraction of sp³-hybridized carbons (Fsp3) is 0.375. The topological polar surface area (TPSA) is 131 Å². The van der Waals surface area contributed by atoms with Crippen molar-refractivity contribution < 1.29 is 24.2 Å². The molecule has 0 spiro atoms. The molecule has 9 nitrogen and oxygen atoms in total. The molecule has 2 amide bonds. The largest absolute Gasteiger partial charge is 0.494 e. The van der Waals surface area contributed by atoms with Crippen LogP contribution in [-0.2, 0) is 21.4 Å². The van der Waals surface area contributed by atoms with E-state index in [-0.39, 0.29) is 30.7 Å². The molecular formula is C40H48N4O5. The molecule has 0 radical (unpaired) electrons. The van der Waals surface area contributed by atoms with Gasteiger partial charge in [-0.25, -0.2) is 9.97 Å². The highest BCUT2D eigenvalue weighted by Gasteiger charge is 2.23. The molecule has 3 aromatic carbocycles. The van der Waals surface area contributed by atoms with E-state index in [1.807, 2.05) is 60.7 Å². The molecule has 9 heteroatoms. The molecule has 258 valence electrons. The maximum Gasteiger partial charge on any atom is 0.305 e. The molecule has 1 heterocycles. The van der Waals surface area contributed by atoms with E-state index < -0.39 is 17.9 Å². The van der Waals surface area contributed by atoms with Crippen molar-refractivity contribution in [2.24, 2.45) is 0 Å². The zero-order valence-corrected chi connectivity index (χ0v) is 29.0. The average Bonchev–Trinajstić information content (AvgIpc) is 3.09. The Kier molecular flexibility index (Phi) is 13.4. The van der Waals surface area contributed by atoms with Gasteiger partial charge in [0.05, 0.1) is 13.0 Å². The van der Waals surface area contributed by atoms with Gasteiger partial charge in [-0.1, -0.05) is 102 Å². The van der Waals surface area contributed by atoms with Crippen molar-refractivity contribution >= 4 is 17.8 Å². The van der Waals surface area contributed by atoms with Crippen LogP contribution >= 0.6 is 0 Å². The van der Waals surface area contributed by atoms with E-state index in [1.165, 1.54) is 25.7 Å². The van der Waals surface area contributed by atoms with Crippen LogP contribution in [0.1, 0.15) is 87.7 Å². The summed E-state index contributed by atoms with van der Waals surface area (Å²) in [6.45, 7) is 9.19. The summed E-state index contributed by atoms with van der Waals surface area (Å²) in [5.74, 6) is -0.439. The quantitative estimate of drug-likeness (QED) is 0.100. The number of carboxylic acid groups (broad SMARTS) is 1. The number of ether oxygens (including phenoxy) is 1. The molecule has 1 aromatic heterocycles. The molecule has 0 aliphatic carbocycles. The Morgan fingerprint density at radius 3 is 2.04 bits per heavy atom. The Labute approximate surface area is 289 Å². The van der Waals surface area contributed by atoms with Crippen molar-refractivity contribution in [3.63, 3.8) is 0 Å². The van der Waals surface area contributed by atoms with Crippen LogP contribution in [0.2, 0.25) is 0 Å². The molecule has 3 N–H and O–H groups in total. The van der Waals surface area contributed by atoms with Gasteiger partial charge in [0.15, 0.2) is 5.82 Å². The first-order valence-corrected chi connectivity index (χ1v) is 17.1. The van der Waals surface area contributed by atoms with Gasteiger partial charge >= 0.3 is 5.97 Å². The van der Waals surface area contributed by atoms with Crippen LogP contribution in [0, 0.1) is 0 Å². The predicted octanol–water partition coefficient (Wildman–Crippen LogP) is 7.39. The van der Waals surface area contributed by atoms with Crippen LogP contribution in [0.15, 0.2) is 85.2 Å². The number of amides is 2. The van der Waals surface area contributed by atoms with Gasteiger partial charge in [0, 0.05) is 42.0 Å². The fourth-order valence-corrected chi connectivity index (χ4v) is 5.28. The van der Waals surface area contributed by atoms with E-state index in [9.17, 15) is 14.4 Å². The third kappa shape index (κ3) is 11.6. The van der Waals surface area contributed by atoms with E-state index in [0.717, 1.165) is 46.6 Å². The SMILES string of the molecule is CCCCCCCOc1ccc(-c2cnc(-c3ccc(CC(NC(=O)c4ccc(C(C)(C)C)cc4)C(=O)NCCC(=O)O)cc3)nc2)cc1. The molecule has 0 aliphatic rings. The monoisotopic (exact) mass is 664 g/mol. The fourth-order valence-electron chi connectivity index (χ4n) is 5.28. The second-order valence-corrected chi connectivity index (χ2v) is 13.3. The number of hydrogen-bond acceptors (Lipinski definition) is 6. The van der Waals surface area contributed by atoms with E-state index in [4.69, 9.17) is 9.84 Å². The first kappa shape index (κ1) is 36.8. The lowest BCUT2D eigenvalue weighted by Gasteiger charge is -2.20. The molecule has 0 aliphatic heterocycles. The number of rotatable bonds is 17. The Hall–Kier alpha value is -5.05. The zero-order valence-electron chi connectivity index (χ0n) is 29.0. The molecule has 0 saturated heterocycles. The van der Waals surface area contributed by atoms with Crippen LogP contribution in [0.4, 0.5) is 0 Å². The van der Waals surface area contributed by atoms with Crippen molar-refractivity contribution in [3.8, 4) is 28.3 Å². The van der Waals surface area contributed by atoms with Gasteiger partial charge in [-0.05, 0) is 52.8 Å². The van der Waals surface area contributed by atoms with Gasteiger partial charge in [-0.2, -0.15) is 0 Å². The average molecular weight is 665 g/mol. The number of aromatic nitrogens is 2. The molecule has 49 heavy (non-hydrogen) atoms. The van der Waals surface area contributed by atoms with Gasteiger partial charge in [-0.3, -0.25) is 14.4 Å². The van der Waals surface area contributed by atoms with Gasteiger partial charge in [-0.15, -0.1) is 0 Å². The number of carboxylic acids is 1. The minimum Gasteiger partial charge on any atom is -0.494 e. The van der Waals surface area contributed by atoms with Gasteiger partial charge in [0.1, 0.15) is 11.8 Å². The van der Waals surface area contributed by atoms with Crippen LogP contribution in [0.25, 0.3) is 22.5 Å². The number of hydrogen-bond donors (Lipinski definition) is 3. The summed E-state index contributed by atoms with van der Waals surface area (Å²) in [4.78, 5) is 46.4. The Bertz CT molecular complexity index is 1650. The number of carbonyl (C=O) groups excluding carboxylic acids is 2. The third-order valence-electron chi connectivity index (χ3n) is 8.28. The Morgan fingerprint density at radius 2 is 1.43 bits per heavy atom. The first-order chi connectivity index (χ1) is 23.5. The standard InChI is InChI=1S/C40H48N4O5/c1-5-6-7-8-9-24-49-34-20-16-29(17-21-34)32-26-42-37(43-27-32)30-12-10-28(11-13-30)25-35(39(48)41-23-22-36(45)46)44-38(47)31-14-18-33(19-15-31)40(2,3)4/h10-21,26-27,35H,5-9,22-25H2,1-4H3,(H,41,48)(H,44,47)(H,45,46). The lowest BCUT2D eigenvalue weighted by molar-refractivity contribution is -0.137. The second kappa shape index (κ2) is 17.9. The van der Waals surface area contributed by atoms with Gasteiger partial charge in [0.25, 0.3) is 5.91 Å². The summed E-state index contributed by atoms with van der Waals surface area (Å²) < 4.78 is 5.88. The molecule has 0 saturated carbocycles. The Balaban J connectivity index is 1.38. The van der Waals surface area contributed by atoms with Crippen molar-refractivity contribution in [3.05, 3.63) is 102 Å². The van der Waals surface area contributed by atoms with Crippen LogP contribution in [0.3, 0.4) is 0 Å². The van der Waals surface area contributed by atoms with Crippen LogP contribution in [-0.4, -0.2) is 52.1 Å². The maximum absolute atomic E-state index is 13.2. The number of nitrogens with zero attached hydrogens (tertiary/aromatic N) is 2. The summed E-state index contributed by atoms with van der Waals surface area (Å²) in [5.41, 5.74) is 4.98. The number of benzene rings is 3. The number of unbranched alkanes of at least 4 members (excludes halogenated alkanes) is 4. The lowest BCUT2D eigenvalue weighted by atomic mass is 9.86. The van der Waals surface area contributed by atoms with Gasteiger partial charge in [0.2, 0.25) is 5.91 Å². The summed E-state index contributed by atoms with van der Waals surface area (Å²) in [6, 6.07) is 21.9. The molecule has 0 bridgehead atoms. The second-order valence-electron chi connectivity index (χ2n) is 13.3. The summed E-state index contributed by atoms with van der Waals surface area (Å²) in [5, 5.41) is 14.5. The Morgan fingerprint density at radius 1 is 0.796 bits per heavy atom. The first-order valence-electron chi connectivity index (χ1n) is 17.1. The van der Waals surface area contributed by atoms with E-state index in [0.29, 0.717) is 11.4 Å². The molecule has 1 atom stereocenters. The zero-order chi connectivity index (χ0) is 35.2. The third-order valence-corrected chi connectivity index (χ3v) is 8.28. The highest BCUT2D eigenvalue weighted by Crippen LogP contribution is 2.24. The molecule has 0 fully saturated rings. The molecule has 4 rings (SSSR count). The normalized spacial score (nSPS) is 11.8. The summed E-state index contributed by atoms with van der Waals surface area (Å²) in [6.07, 6.45) is 9.60. The van der Waals surface area contributed by atoms with Crippen molar-refractivity contribution in [1.82, 2.24) is 20.6 Å². The molecule has 1 unspecified atom stereocenters. The summed E-state index contributed by atoms with van der Waals surface area (Å²) >= 11 is 0. The molecular weight excluding hydrogens is 616 g/mol. The summed E-state index contributed by atoms with van der Waals surface area (Å²) in [7, 11) is 0. The van der Waals surface area contributed by atoms with E-state index in [2.05, 4.69) is 48.3 Å².